The molecule has 3 rings (SSSR count). The second kappa shape index (κ2) is 6.53. The summed E-state index contributed by atoms with van der Waals surface area (Å²) in [5, 5.41) is 0. The highest BCUT2D eigenvalue weighted by Gasteiger charge is 2.54. The van der Waals surface area contributed by atoms with Crippen LogP contribution in [0.4, 0.5) is 0 Å². The summed E-state index contributed by atoms with van der Waals surface area (Å²) < 4.78 is 6.19. The minimum atomic E-state index is -0.122. The van der Waals surface area contributed by atoms with Gasteiger partial charge in [-0.1, -0.05) is 40.0 Å². The van der Waals surface area contributed by atoms with Crippen LogP contribution in [0.25, 0.3) is 0 Å². The average Bonchev–Trinajstić information content (AvgIpc) is 3.13. The highest BCUT2D eigenvalue weighted by Crippen LogP contribution is 2.58. The zero-order valence-electron chi connectivity index (χ0n) is 14.8. The zero-order valence-corrected chi connectivity index (χ0v) is 14.8. The number of esters is 1. The molecule has 0 amide bonds. The monoisotopic (exact) mass is 306 g/mol. The van der Waals surface area contributed by atoms with Crippen molar-refractivity contribution in [3.63, 3.8) is 0 Å². The molecular weight excluding hydrogens is 272 g/mol. The van der Waals surface area contributed by atoms with Crippen molar-refractivity contribution in [2.45, 2.75) is 90.6 Å². The van der Waals surface area contributed by atoms with Gasteiger partial charge in [0.15, 0.2) is 0 Å². The third-order valence-electron chi connectivity index (χ3n) is 7.33. The summed E-state index contributed by atoms with van der Waals surface area (Å²) >= 11 is 0. The van der Waals surface area contributed by atoms with Crippen molar-refractivity contribution in [1.29, 1.82) is 0 Å². The maximum atomic E-state index is 12.9. The first kappa shape index (κ1) is 16.3. The second-order valence-electron chi connectivity index (χ2n) is 8.16. The van der Waals surface area contributed by atoms with Crippen LogP contribution < -0.4 is 0 Å². The standard InChI is InChI=1S/C20H34O2/c1-4-15-14-12-17(16(15)5-2)18(13-14)19(21)22-20(6-3)10-8-7-9-11-20/h14-18H,4-13H2,1-3H3. The molecule has 2 nitrogen and oxygen atoms in total. The van der Waals surface area contributed by atoms with Crippen LogP contribution in [-0.4, -0.2) is 11.6 Å². The number of fused-ring (bicyclic) bond motifs is 2. The van der Waals surface area contributed by atoms with Gasteiger partial charge in [-0.05, 0) is 68.6 Å². The molecule has 22 heavy (non-hydrogen) atoms. The summed E-state index contributed by atoms with van der Waals surface area (Å²) in [6, 6.07) is 0. The van der Waals surface area contributed by atoms with Crippen LogP contribution in [0.3, 0.4) is 0 Å². The number of hydrogen-bond acceptors (Lipinski definition) is 2. The van der Waals surface area contributed by atoms with Crippen molar-refractivity contribution >= 4 is 5.97 Å². The number of hydrogen-bond donors (Lipinski definition) is 0. The van der Waals surface area contributed by atoms with Crippen molar-refractivity contribution in [3.05, 3.63) is 0 Å². The molecule has 0 aromatic carbocycles. The van der Waals surface area contributed by atoms with Gasteiger partial charge in [0.2, 0.25) is 0 Å². The third-order valence-corrected chi connectivity index (χ3v) is 7.33. The van der Waals surface area contributed by atoms with E-state index in [9.17, 15) is 4.79 Å². The molecule has 3 aliphatic carbocycles. The normalized spacial score (nSPS) is 39.9. The Kier molecular flexibility index (Phi) is 4.85. The fourth-order valence-electron chi connectivity index (χ4n) is 6.13. The topological polar surface area (TPSA) is 26.3 Å². The van der Waals surface area contributed by atoms with Crippen LogP contribution >= 0.6 is 0 Å². The summed E-state index contributed by atoms with van der Waals surface area (Å²) in [6.07, 6.45) is 11.9. The maximum absolute atomic E-state index is 12.9. The summed E-state index contributed by atoms with van der Waals surface area (Å²) in [5.74, 6) is 3.41. The van der Waals surface area contributed by atoms with E-state index in [-0.39, 0.29) is 17.5 Å². The van der Waals surface area contributed by atoms with Crippen LogP contribution in [0.2, 0.25) is 0 Å². The third kappa shape index (κ3) is 2.71. The fraction of sp³-hybridized carbons (Fsp3) is 0.950. The van der Waals surface area contributed by atoms with Gasteiger partial charge in [-0.25, -0.2) is 0 Å². The minimum Gasteiger partial charge on any atom is -0.459 e. The van der Waals surface area contributed by atoms with Crippen LogP contribution in [0.15, 0.2) is 0 Å². The lowest BCUT2D eigenvalue weighted by Gasteiger charge is -2.39. The fourth-order valence-corrected chi connectivity index (χ4v) is 6.13. The molecule has 0 aromatic heterocycles. The van der Waals surface area contributed by atoms with Gasteiger partial charge >= 0.3 is 5.97 Å². The average molecular weight is 306 g/mol. The zero-order chi connectivity index (χ0) is 15.7. The summed E-state index contributed by atoms with van der Waals surface area (Å²) in [6.45, 7) is 6.84. The van der Waals surface area contributed by atoms with Crippen LogP contribution in [0, 0.1) is 29.6 Å². The van der Waals surface area contributed by atoms with E-state index in [0.29, 0.717) is 5.92 Å². The SMILES string of the molecule is CCC1C2CC(C(=O)OC3(CC)CCCCC3)C(C2)C1CC. The molecule has 126 valence electrons. The molecule has 0 aliphatic heterocycles. The first-order valence-electron chi connectivity index (χ1n) is 9.87. The molecule has 0 aromatic rings. The number of carbonyl (C=O) groups is 1. The van der Waals surface area contributed by atoms with Gasteiger partial charge in [-0.15, -0.1) is 0 Å². The van der Waals surface area contributed by atoms with Crippen molar-refractivity contribution in [2.24, 2.45) is 29.6 Å². The Morgan fingerprint density at radius 2 is 1.68 bits per heavy atom. The van der Waals surface area contributed by atoms with E-state index in [4.69, 9.17) is 4.74 Å². The van der Waals surface area contributed by atoms with E-state index in [1.807, 2.05) is 0 Å². The molecule has 0 heterocycles. The van der Waals surface area contributed by atoms with Gasteiger partial charge in [0.05, 0.1) is 5.92 Å². The smallest absolute Gasteiger partial charge is 0.309 e. The minimum absolute atomic E-state index is 0.122. The van der Waals surface area contributed by atoms with E-state index in [0.717, 1.165) is 43.4 Å². The Balaban J connectivity index is 1.66. The molecule has 5 unspecified atom stereocenters. The number of carbonyl (C=O) groups excluding carboxylic acids is 1. The first-order valence-corrected chi connectivity index (χ1v) is 9.87. The second-order valence-corrected chi connectivity index (χ2v) is 8.16. The Morgan fingerprint density at radius 1 is 1.00 bits per heavy atom. The van der Waals surface area contributed by atoms with Gasteiger partial charge < -0.3 is 4.74 Å². The number of rotatable bonds is 5. The highest BCUT2D eigenvalue weighted by molar-refractivity contribution is 5.74. The van der Waals surface area contributed by atoms with Gasteiger partial charge in [0.1, 0.15) is 5.60 Å². The van der Waals surface area contributed by atoms with E-state index in [1.165, 1.54) is 38.5 Å². The molecule has 2 bridgehead atoms. The predicted molar refractivity (Wildman–Crippen MR) is 89.5 cm³/mol. The quantitative estimate of drug-likeness (QED) is 0.640. The van der Waals surface area contributed by atoms with Crippen molar-refractivity contribution in [1.82, 2.24) is 0 Å². The summed E-state index contributed by atoms with van der Waals surface area (Å²) in [4.78, 5) is 12.9. The lowest BCUT2D eigenvalue weighted by atomic mass is 9.71. The van der Waals surface area contributed by atoms with Gasteiger partial charge in [-0.3, -0.25) is 4.79 Å². The van der Waals surface area contributed by atoms with E-state index in [2.05, 4.69) is 20.8 Å². The molecule has 0 spiro atoms. The van der Waals surface area contributed by atoms with Crippen LogP contribution in [0.5, 0.6) is 0 Å². The Labute approximate surface area is 136 Å². The largest absolute Gasteiger partial charge is 0.459 e. The van der Waals surface area contributed by atoms with Gasteiger partial charge in [0.25, 0.3) is 0 Å². The van der Waals surface area contributed by atoms with Crippen LogP contribution in [-0.2, 0) is 9.53 Å². The summed E-state index contributed by atoms with van der Waals surface area (Å²) in [7, 11) is 0. The first-order chi connectivity index (χ1) is 10.6. The van der Waals surface area contributed by atoms with Gasteiger partial charge in [-0.2, -0.15) is 0 Å². The molecule has 3 fully saturated rings. The molecule has 0 radical (unpaired) electrons. The molecular formula is C20H34O2. The molecule has 0 saturated heterocycles. The maximum Gasteiger partial charge on any atom is 0.309 e. The van der Waals surface area contributed by atoms with Crippen LogP contribution in [0.1, 0.15) is 85.0 Å². The molecule has 3 aliphatic rings. The Hall–Kier alpha value is -0.530. The lowest BCUT2D eigenvalue weighted by Crippen LogP contribution is -2.41. The van der Waals surface area contributed by atoms with Crippen molar-refractivity contribution < 1.29 is 9.53 Å². The predicted octanol–water partition coefficient (Wildman–Crippen LogP) is 5.35. The van der Waals surface area contributed by atoms with Crippen molar-refractivity contribution in [3.8, 4) is 0 Å². The molecule has 2 heteroatoms. The van der Waals surface area contributed by atoms with E-state index >= 15 is 0 Å². The highest BCUT2D eigenvalue weighted by atomic mass is 16.6. The Morgan fingerprint density at radius 3 is 2.27 bits per heavy atom. The Bertz CT molecular complexity index is 397. The molecule has 5 atom stereocenters. The summed E-state index contributed by atoms with van der Waals surface area (Å²) in [5.41, 5.74) is -0.122. The van der Waals surface area contributed by atoms with Crippen molar-refractivity contribution in [2.75, 3.05) is 0 Å². The number of ether oxygens (including phenoxy) is 1. The van der Waals surface area contributed by atoms with Gasteiger partial charge in [0, 0.05) is 0 Å². The molecule has 3 saturated carbocycles. The molecule has 0 N–H and O–H groups in total. The lowest BCUT2D eigenvalue weighted by molar-refractivity contribution is -0.172. The van der Waals surface area contributed by atoms with E-state index in [1.54, 1.807) is 0 Å². The van der Waals surface area contributed by atoms with E-state index < -0.39 is 0 Å².